The molecule has 1 aromatic rings. The average Bonchev–Trinajstić information content (AvgIpc) is 3.05. The van der Waals surface area contributed by atoms with E-state index in [0.717, 1.165) is 6.42 Å². The minimum Gasteiger partial charge on any atom is -0.386 e. The fourth-order valence-electron chi connectivity index (χ4n) is 6.94. The number of aliphatic hydroxyl groups is 1. The van der Waals surface area contributed by atoms with Crippen LogP contribution < -0.4 is 16.0 Å². The molecule has 3 unspecified atom stereocenters. The van der Waals surface area contributed by atoms with Crippen LogP contribution in [0, 0.1) is 23.7 Å². The van der Waals surface area contributed by atoms with E-state index in [1.807, 2.05) is 90.9 Å². The number of ether oxygens (including phenoxy) is 2. The lowest BCUT2D eigenvalue weighted by molar-refractivity contribution is -0.154. The van der Waals surface area contributed by atoms with E-state index in [1.165, 1.54) is 14.2 Å². The molecule has 0 aliphatic carbocycles. The highest BCUT2D eigenvalue weighted by molar-refractivity contribution is 5.90. The van der Waals surface area contributed by atoms with Crippen LogP contribution in [0.5, 0.6) is 0 Å². The summed E-state index contributed by atoms with van der Waals surface area (Å²) in [6, 6.07) is 6.66. The number of carbonyl (C=O) groups excluding carboxylic acids is 4. The molecule has 2 rings (SSSR count). The highest BCUT2D eigenvalue weighted by Gasteiger charge is 2.44. The molecule has 1 heterocycles. The minimum atomic E-state index is -0.873. The van der Waals surface area contributed by atoms with E-state index in [1.54, 1.807) is 18.7 Å². The maximum atomic E-state index is 13.8. The molecule has 1 fully saturated rings. The Bertz CT molecular complexity index is 1220. The van der Waals surface area contributed by atoms with Crippen LogP contribution in [-0.2, 0) is 28.7 Å². The van der Waals surface area contributed by atoms with Gasteiger partial charge in [0, 0.05) is 20.8 Å². The molecule has 0 aromatic heterocycles. The third-order valence-electron chi connectivity index (χ3n) is 10.3. The lowest BCUT2D eigenvalue weighted by Gasteiger charge is -2.47. The standard InChI is InChI=1S/C38H65N5O7/c1-13-24(6)32(41-37(47)31(22(2)3)40-38(48)33(23(4)5)42(9)10)29(49-11)21-30(44)43-20-19-28(43)35(50-12)25(7)36(46)39-26(8)34(45)27-17-15-14-16-18-27/h14-18,22-26,28-29,31-35,45H,13,19-21H2,1-12H3,(H,39,46)(H,40,48)(H,41,47)/t24?,25-,26-,28+,29-,31+,32?,33?,34-,35-/m1/s1. The first-order valence-electron chi connectivity index (χ1n) is 18.2. The van der Waals surface area contributed by atoms with E-state index in [9.17, 15) is 24.3 Å². The van der Waals surface area contributed by atoms with E-state index in [2.05, 4.69) is 16.0 Å². The summed E-state index contributed by atoms with van der Waals surface area (Å²) in [5.74, 6) is -1.70. The highest BCUT2D eigenvalue weighted by atomic mass is 16.5. The monoisotopic (exact) mass is 703 g/mol. The Kier molecular flexibility index (Phi) is 17.3. The lowest BCUT2D eigenvalue weighted by atomic mass is 9.86. The molecule has 1 aromatic carbocycles. The number of amides is 4. The predicted octanol–water partition coefficient (Wildman–Crippen LogP) is 3.14. The zero-order valence-corrected chi connectivity index (χ0v) is 32.4. The Morgan fingerprint density at radius 2 is 1.50 bits per heavy atom. The van der Waals surface area contributed by atoms with Crippen LogP contribution in [0.1, 0.15) is 86.3 Å². The molecule has 1 saturated heterocycles. The normalized spacial score (nSPS) is 20.2. The second-order valence-corrected chi connectivity index (χ2v) is 14.9. The summed E-state index contributed by atoms with van der Waals surface area (Å²) in [5, 5.41) is 19.8. The molecule has 4 amide bonds. The molecule has 1 aliphatic heterocycles. The minimum absolute atomic E-state index is 0.0222. The number of likely N-dealkylation sites (N-methyl/N-ethyl adjacent to an activating group) is 1. The van der Waals surface area contributed by atoms with E-state index >= 15 is 0 Å². The molecule has 0 spiro atoms. The third kappa shape index (κ3) is 11.2. The van der Waals surface area contributed by atoms with Gasteiger partial charge in [-0.15, -0.1) is 0 Å². The van der Waals surface area contributed by atoms with Crippen molar-refractivity contribution in [3.8, 4) is 0 Å². The maximum Gasteiger partial charge on any atom is 0.243 e. The van der Waals surface area contributed by atoms with E-state index < -0.39 is 48.4 Å². The molecule has 10 atom stereocenters. The van der Waals surface area contributed by atoms with Crippen molar-refractivity contribution in [1.82, 2.24) is 25.8 Å². The van der Waals surface area contributed by atoms with Crippen LogP contribution in [0.2, 0.25) is 0 Å². The summed E-state index contributed by atoms with van der Waals surface area (Å²) in [7, 11) is 6.77. The van der Waals surface area contributed by atoms with Crippen molar-refractivity contribution in [1.29, 1.82) is 0 Å². The number of hydrogen-bond acceptors (Lipinski definition) is 8. The number of hydrogen-bond donors (Lipinski definition) is 4. The van der Waals surface area contributed by atoms with E-state index in [4.69, 9.17) is 9.47 Å². The number of rotatable bonds is 20. The van der Waals surface area contributed by atoms with E-state index in [-0.39, 0.29) is 53.8 Å². The molecule has 0 bridgehead atoms. The second-order valence-electron chi connectivity index (χ2n) is 14.9. The number of nitrogens with one attached hydrogen (secondary N) is 3. The lowest BCUT2D eigenvalue weighted by Crippen LogP contribution is -2.62. The first kappa shape index (κ1) is 43.1. The molecule has 0 saturated carbocycles. The number of likely N-dealkylation sites (tertiary alicyclic amines) is 1. The van der Waals surface area contributed by atoms with Gasteiger partial charge in [0.1, 0.15) is 6.04 Å². The predicted molar refractivity (Wildman–Crippen MR) is 195 cm³/mol. The van der Waals surface area contributed by atoms with Gasteiger partial charge in [-0.25, -0.2) is 0 Å². The first-order valence-corrected chi connectivity index (χ1v) is 18.2. The smallest absolute Gasteiger partial charge is 0.243 e. The fraction of sp³-hybridized carbons (Fsp3) is 0.737. The van der Waals surface area contributed by atoms with Crippen LogP contribution in [0.4, 0.5) is 0 Å². The number of benzene rings is 1. The Hall–Kier alpha value is -3.06. The molecule has 12 heteroatoms. The Balaban J connectivity index is 2.15. The summed E-state index contributed by atoms with van der Waals surface area (Å²) < 4.78 is 11.7. The van der Waals surface area contributed by atoms with Gasteiger partial charge in [-0.05, 0) is 50.8 Å². The summed E-state index contributed by atoms with van der Waals surface area (Å²) in [5.41, 5.74) is 0.708. The van der Waals surface area contributed by atoms with Gasteiger partial charge in [0.25, 0.3) is 0 Å². The highest BCUT2D eigenvalue weighted by Crippen LogP contribution is 2.29. The van der Waals surface area contributed by atoms with Crippen molar-refractivity contribution >= 4 is 23.6 Å². The molecular formula is C38H65N5O7. The summed E-state index contributed by atoms with van der Waals surface area (Å²) >= 11 is 0. The van der Waals surface area contributed by atoms with Crippen LogP contribution in [0.3, 0.4) is 0 Å². The SMILES string of the molecule is CCC(C)C(NC(=O)[C@@H](NC(=O)C(C(C)C)N(C)C)C(C)C)[C@@H](CC(=O)N1CC[C@H]1[C@H](OC)[C@@H](C)C(=O)N[C@H](C)[C@@H](O)c1ccccc1)OC. The second kappa shape index (κ2) is 20.1. The molecule has 4 N–H and O–H groups in total. The molecule has 50 heavy (non-hydrogen) atoms. The molecule has 0 radical (unpaired) electrons. The Labute approximate surface area is 300 Å². The van der Waals surface area contributed by atoms with Crippen molar-refractivity contribution < 1.29 is 33.8 Å². The summed E-state index contributed by atoms with van der Waals surface area (Å²) in [6.45, 7) is 15.8. The van der Waals surface area contributed by atoms with Gasteiger partial charge in [-0.1, -0.05) is 85.2 Å². The van der Waals surface area contributed by atoms with Gasteiger partial charge in [-0.3, -0.25) is 24.1 Å². The maximum absolute atomic E-state index is 13.8. The molecule has 284 valence electrons. The first-order chi connectivity index (χ1) is 23.5. The number of nitrogens with zero attached hydrogens (tertiary/aromatic N) is 2. The Morgan fingerprint density at radius 3 is 1.96 bits per heavy atom. The zero-order valence-electron chi connectivity index (χ0n) is 32.4. The zero-order chi connectivity index (χ0) is 37.9. The van der Waals surface area contributed by atoms with Crippen LogP contribution in [-0.4, -0.2) is 116 Å². The van der Waals surface area contributed by atoms with Gasteiger partial charge in [-0.2, -0.15) is 0 Å². The van der Waals surface area contributed by atoms with Gasteiger partial charge in [0.2, 0.25) is 23.6 Å². The molecule has 12 nitrogen and oxygen atoms in total. The Morgan fingerprint density at radius 1 is 0.880 bits per heavy atom. The van der Waals surface area contributed by atoms with Crippen molar-refractivity contribution in [2.24, 2.45) is 23.7 Å². The number of carbonyl (C=O) groups is 4. The largest absolute Gasteiger partial charge is 0.386 e. The summed E-state index contributed by atoms with van der Waals surface area (Å²) in [4.78, 5) is 57.7. The van der Waals surface area contributed by atoms with Crippen molar-refractivity contribution in [2.75, 3.05) is 34.9 Å². The van der Waals surface area contributed by atoms with Crippen LogP contribution >= 0.6 is 0 Å². The topological polar surface area (TPSA) is 150 Å². The molecular weight excluding hydrogens is 638 g/mol. The molecule has 1 aliphatic rings. The van der Waals surface area contributed by atoms with Crippen molar-refractivity contribution in [3.05, 3.63) is 35.9 Å². The van der Waals surface area contributed by atoms with Gasteiger partial charge < -0.3 is 35.4 Å². The van der Waals surface area contributed by atoms with Crippen LogP contribution in [0.25, 0.3) is 0 Å². The van der Waals surface area contributed by atoms with Gasteiger partial charge in [0.05, 0.1) is 54.8 Å². The number of aliphatic hydroxyl groups excluding tert-OH is 1. The van der Waals surface area contributed by atoms with Crippen LogP contribution in [0.15, 0.2) is 30.3 Å². The van der Waals surface area contributed by atoms with Gasteiger partial charge >= 0.3 is 0 Å². The van der Waals surface area contributed by atoms with E-state index in [0.29, 0.717) is 18.5 Å². The quantitative estimate of drug-likeness (QED) is 0.162. The van der Waals surface area contributed by atoms with Crippen molar-refractivity contribution in [3.63, 3.8) is 0 Å². The average molecular weight is 704 g/mol. The summed E-state index contributed by atoms with van der Waals surface area (Å²) in [6.07, 6.45) is -0.634. The number of methoxy groups -OCH3 is 2. The van der Waals surface area contributed by atoms with Gasteiger partial charge in [0.15, 0.2) is 0 Å². The fourth-order valence-corrected chi connectivity index (χ4v) is 6.94. The third-order valence-corrected chi connectivity index (χ3v) is 10.3. The van der Waals surface area contributed by atoms with Crippen molar-refractivity contribution in [2.45, 2.75) is 123 Å².